The number of aromatic nitrogens is 1. The molecule has 0 bridgehead atoms. The van der Waals surface area contributed by atoms with E-state index in [0.29, 0.717) is 11.1 Å². The van der Waals surface area contributed by atoms with Gasteiger partial charge >= 0.3 is 0 Å². The Balaban J connectivity index is 0.00000182. The number of hydrogen-bond donors (Lipinski definition) is 1. The van der Waals surface area contributed by atoms with E-state index in [1.807, 2.05) is 18.2 Å². The highest BCUT2D eigenvalue weighted by molar-refractivity contribution is 6.35. The first kappa shape index (κ1) is 18.6. The first-order chi connectivity index (χ1) is 11.6. The Morgan fingerprint density at radius 3 is 2.60 bits per heavy atom. The Hall–Kier alpha value is -1.19. The Kier molecular flexibility index (Phi) is 5.65. The zero-order chi connectivity index (χ0) is 16.7. The molecule has 2 nitrogen and oxygen atoms in total. The van der Waals surface area contributed by atoms with E-state index < -0.39 is 0 Å². The molecule has 0 unspecified atom stereocenters. The van der Waals surface area contributed by atoms with Gasteiger partial charge in [-0.1, -0.05) is 47.5 Å². The van der Waals surface area contributed by atoms with Crippen LogP contribution in [0.5, 0.6) is 0 Å². The fourth-order valence-corrected chi connectivity index (χ4v) is 3.75. The Morgan fingerprint density at radius 1 is 1.12 bits per heavy atom. The highest BCUT2D eigenvalue weighted by Crippen LogP contribution is 2.30. The van der Waals surface area contributed by atoms with E-state index in [2.05, 4.69) is 41.1 Å². The van der Waals surface area contributed by atoms with Crippen molar-refractivity contribution in [1.82, 2.24) is 9.88 Å². The summed E-state index contributed by atoms with van der Waals surface area (Å²) in [5, 5.41) is 6.37. The molecule has 5 heteroatoms. The molecule has 132 valence electrons. The molecule has 1 saturated carbocycles. The first-order valence-corrected chi connectivity index (χ1v) is 9.13. The van der Waals surface area contributed by atoms with Crippen LogP contribution in [0.3, 0.4) is 0 Å². The van der Waals surface area contributed by atoms with Gasteiger partial charge in [0.15, 0.2) is 0 Å². The second-order valence-corrected chi connectivity index (χ2v) is 7.40. The van der Waals surface area contributed by atoms with Gasteiger partial charge in [0.25, 0.3) is 0 Å². The summed E-state index contributed by atoms with van der Waals surface area (Å²) >= 11 is 12.4. The van der Waals surface area contributed by atoms with Gasteiger partial charge in [-0.05, 0) is 49.1 Å². The summed E-state index contributed by atoms with van der Waals surface area (Å²) in [7, 11) is 0. The first-order valence-electron chi connectivity index (χ1n) is 8.37. The number of fused-ring (bicyclic) bond motifs is 1. The minimum absolute atomic E-state index is 0. The van der Waals surface area contributed by atoms with E-state index >= 15 is 0 Å². The van der Waals surface area contributed by atoms with Gasteiger partial charge in [0, 0.05) is 45.8 Å². The third-order valence-electron chi connectivity index (χ3n) is 4.85. The lowest BCUT2D eigenvalue weighted by atomic mass is 10.1. The monoisotopic (exact) mass is 394 g/mol. The third kappa shape index (κ3) is 3.83. The van der Waals surface area contributed by atoms with Crippen molar-refractivity contribution < 1.29 is 0 Å². The molecular formula is C20H21Cl3N2. The molecule has 1 N–H and O–H groups in total. The minimum atomic E-state index is 0. The van der Waals surface area contributed by atoms with E-state index in [-0.39, 0.29) is 12.4 Å². The summed E-state index contributed by atoms with van der Waals surface area (Å²) in [6.45, 7) is 3.89. The van der Waals surface area contributed by atoms with Gasteiger partial charge in [-0.2, -0.15) is 0 Å². The van der Waals surface area contributed by atoms with Crippen LogP contribution in [0.25, 0.3) is 10.9 Å². The normalized spacial score (nSPS) is 13.9. The number of benzene rings is 2. The van der Waals surface area contributed by atoms with E-state index in [1.54, 1.807) is 0 Å². The summed E-state index contributed by atoms with van der Waals surface area (Å²) in [6.07, 6.45) is 2.61. The van der Waals surface area contributed by atoms with Crippen LogP contribution in [0, 0.1) is 6.92 Å². The smallest absolute Gasteiger partial charge is 0.0493 e. The summed E-state index contributed by atoms with van der Waals surface area (Å²) in [5.74, 6) is 0. The number of nitrogens with one attached hydrogen (secondary N) is 1. The molecule has 1 heterocycles. The lowest BCUT2D eigenvalue weighted by Gasteiger charge is -2.11. The SMILES string of the molecule is Cc1c(CNC2CC2)c2ccccc2n1Cc1ccc(Cl)cc1Cl.Cl. The van der Waals surface area contributed by atoms with E-state index in [4.69, 9.17) is 23.2 Å². The Labute approximate surface area is 164 Å². The number of rotatable bonds is 5. The molecule has 2 aromatic carbocycles. The molecule has 25 heavy (non-hydrogen) atoms. The van der Waals surface area contributed by atoms with Crippen molar-refractivity contribution in [3.8, 4) is 0 Å². The highest BCUT2D eigenvalue weighted by Gasteiger charge is 2.22. The molecule has 0 aliphatic heterocycles. The van der Waals surface area contributed by atoms with Crippen molar-refractivity contribution in [2.24, 2.45) is 0 Å². The summed E-state index contributed by atoms with van der Waals surface area (Å²) in [6, 6.07) is 15.0. The average molecular weight is 396 g/mol. The minimum Gasteiger partial charge on any atom is -0.340 e. The van der Waals surface area contributed by atoms with Crippen LogP contribution in [-0.4, -0.2) is 10.6 Å². The molecule has 1 aliphatic carbocycles. The van der Waals surface area contributed by atoms with Gasteiger partial charge in [-0.25, -0.2) is 0 Å². The fourth-order valence-electron chi connectivity index (χ4n) is 3.28. The molecule has 0 saturated heterocycles. The van der Waals surface area contributed by atoms with Gasteiger partial charge in [0.05, 0.1) is 0 Å². The summed E-state index contributed by atoms with van der Waals surface area (Å²) in [4.78, 5) is 0. The summed E-state index contributed by atoms with van der Waals surface area (Å²) < 4.78 is 2.36. The van der Waals surface area contributed by atoms with Crippen molar-refractivity contribution in [1.29, 1.82) is 0 Å². The van der Waals surface area contributed by atoms with E-state index in [9.17, 15) is 0 Å². The molecule has 0 amide bonds. The summed E-state index contributed by atoms with van der Waals surface area (Å²) in [5.41, 5.74) is 5.04. The van der Waals surface area contributed by atoms with Crippen LogP contribution < -0.4 is 5.32 Å². The van der Waals surface area contributed by atoms with Gasteiger partial charge in [0.1, 0.15) is 0 Å². The van der Waals surface area contributed by atoms with Crippen molar-refractivity contribution in [2.45, 2.75) is 38.9 Å². The zero-order valence-electron chi connectivity index (χ0n) is 14.1. The maximum atomic E-state index is 6.39. The van der Waals surface area contributed by atoms with Crippen molar-refractivity contribution in [2.75, 3.05) is 0 Å². The number of halogens is 3. The Bertz CT molecular complexity index is 897. The second-order valence-electron chi connectivity index (χ2n) is 6.56. The van der Waals surface area contributed by atoms with E-state index in [1.165, 1.54) is 35.0 Å². The molecule has 0 spiro atoms. The highest BCUT2D eigenvalue weighted by atomic mass is 35.5. The van der Waals surface area contributed by atoms with Gasteiger partial charge in [-0.3, -0.25) is 0 Å². The third-order valence-corrected chi connectivity index (χ3v) is 5.44. The molecule has 1 fully saturated rings. The van der Waals surface area contributed by atoms with E-state index in [0.717, 1.165) is 23.7 Å². The lowest BCUT2D eigenvalue weighted by molar-refractivity contribution is 0.681. The number of nitrogens with zero attached hydrogens (tertiary/aromatic N) is 1. The van der Waals surface area contributed by atoms with Crippen LogP contribution in [0.15, 0.2) is 42.5 Å². The van der Waals surface area contributed by atoms with Crippen molar-refractivity contribution in [3.63, 3.8) is 0 Å². The zero-order valence-corrected chi connectivity index (χ0v) is 16.4. The number of para-hydroxylation sites is 1. The largest absolute Gasteiger partial charge is 0.340 e. The van der Waals surface area contributed by atoms with Crippen molar-refractivity contribution in [3.05, 3.63) is 69.3 Å². The predicted molar refractivity (Wildman–Crippen MR) is 109 cm³/mol. The topological polar surface area (TPSA) is 17.0 Å². The van der Waals surface area contributed by atoms with Crippen LogP contribution in [0.1, 0.15) is 29.7 Å². The molecule has 1 aromatic heterocycles. The molecule has 0 radical (unpaired) electrons. The average Bonchev–Trinajstić information content (AvgIpc) is 3.35. The Morgan fingerprint density at radius 2 is 1.88 bits per heavy atom. The van der Waals surface area contributed by atoms with Crippen LogP contribution in [-0.2, 0) is 13.1 Å². The molecular weight excluding hydrogens is 375 g/mol. The predicted octanol–water partition coefficient (Wildman–Crippen LogP) is 5.98. The fraction of sp³-hybridized carbons (Fsp3) is 0.300. The van der Waals surface area contributed by atoms with Crippen LogP contribution in [0.2, 0.25) is 10.0 Å². The number of hydrogen-bond acceptors (Lipinski definition) is 1. The maximum Gasteiger partial charge on any atom is 0.0493 e. The van der Waals surface area contributed by atoms with Gasteiger partial charge in [-0.15, -0.1) is 12.4 Å². The maximum absolute atomic E-state index is 6.39. The molecule has 0 atom stereocenters. The van der Waals surface area contributed by atoms with Crippen LogP contribution >= 0.6 is 35.6 Å². The van der Waals surface area contributed by atoms with Gasteiger partial charge < -0.3 is 9.88 Å². The molecule has 4 rings (SSSR count). The molecule has 3 aromatic rings. The quantitative estimate of drug-likeness (QED) is 0.562. The van der Waals surface area contributed by atoms with Gasteiger partial charge in [0.2, 0.25) is 0 Å². The standard InChI is InChI=1S/C20H20Cl2N2.ClH/c1-13-18(11-23-16-8-9-16)17-4-2-3-5-20(17)24(13)12-14-6-7-15(21)10-19(14)22;/h2-7,10,16,23H,8-9,11-12H2,1H3;1H. The molecule has 1 aliphatic rings. The van der Waals surface area contributed by atoms with Crippen LogP contribution in [0.4, 0.5) is 0 Å². The second kappa shape index (κ2) is 7.59. The lowest BCUT2D eigenvalue weighted by Crippen LogP contribution is -2.16. The van der Waals surface area contributed by atoms with Crippen molar-refractivity contribution >= 4 is 46.5 Å².